The van der Waals surface area contributed by atoms with Crippen molar-refractivity contribution in [3.8, 4) is 62.7 Å². The van der Waals surface area contributed by atoms with Gasteiger partial charge in [-0.25, -0.2) is 15.0 Å². The van der Waals surface area contributed by atoms with Crippen molar-refractivity contribution in [2.75, 3.05) is 0 Å². The molecule has 9 heteroatoms. The summed E-state index contributed by atoms with van der Waals surface area (Å²) in [6, 6.07) is 55.4. The second-order valence-corrected chi connectivity index (χ2v) is 24.9. The molecule has 0 N–H and O–H groups in total. The third-order valence-electron chi connectivity index (χ3n) is 15.3. The molecular formula is C69H63F3N6. The van der Waals surface area contributed by atoms with Crippen LogP contribution in [-0.2, 0) is 27.8 Å². The third-order valence-corrected chi connectivity index (χ3v) is 15.3. The fraction of sp³-hybridized carbons (Fsp3) is 0.246. The molecule has 0 aliphatic carbocycles. The first kappa shape index (κ1) is 51.7. The first-order valence-corrected chi connectivity index (χ1v) is 26.6. The lowest BCUT2D eigenvalue weighted by Gasteiger charge is -2.20. The fourth-order valence-electron chi connectivity index (χ4n) is 10.8. The van der Waals surface area contributed by atoms with Crippen molar-refractivity contribution in [3.63, 3.8) is 0 Å². The molecule has 0 saturated heterocycles. The highest BCUT2D eigenvalue weighted by atomic mass is 19.4. The molecule has 0 fully saturated rings. The van der Waals surface area contributed by atoms with Crippen molar-refractivity contribution in [3.05, 3.63) is 197 Å². The van der Waals surface area contributed by atoms with Crippen LogP contribution in [0.3, 0.4) is 0 Å². The fourth-order valence-corrected chi connectivity index (χ4v) is 10.8. The van der Waals surface area contributed by atoms with Gasteiger partial charge in [-0.05, 0) is 140 Å². The number of fused-ring (bicyclic) bond motifs is 6. The molecular weight excluding hydrogens is 970 g/mol. The molecule has 3 aromatic heterocycles. The summed E-state index contributed by atoms with van der Waals surface area (Å²) in [5.74, 6) is 0.590. The molecule has 0 radical (unpaired) electrons. The van der Waals surface area contributed by atoms with E-state index >= 15 is 13.2 Å². The standard InChI is InChI=1S/C69H63F3N6/c1-65(2,3)44-23-29-56-50(35-44)51-36-45(66(4,5)6)24-30-57(51)77(56)60-28-22-42(49-21-17-16-20-43(49)40-73)34-54(60)63-74-62(41-18-14-13-15-19-41)75-64(76-63)55-39-48(69(70,71)72)27-33-61(55)78-58-31-25-46(67(7,8)9)37-52(58)53-38-47(68(10,11)12)26-32-59(53)78/h13-39H,1-12H3. The van der Waals surface area contributed by atoms with Crippen LogP contribution < -0.4 is 0 Å². The van der Waals surface area contributed by atoms with Gasteiger partial charge in [0.1, 0.15) is 0 Å². The molecule has 6 nitrogen and oxygen atoms in total. The van der Waals surface area contributed by atoms with Crippen LogP contribution in [-0.4, -0.2) is 24.1 Å². The minimum absolute atomic E-state index is 0.0632. The van der Waals surface area contributed by atoms with Crippen molar-refractivity contribution < 1.29 is 13.2 Å². The van der Waals surface area contributed by atoms with Crippen LogP contribution >= 0.6 is 0 Å². The summed E-state index contributed by atoms with van der Waals surface area (Å²) in [6.07, 6.45) is -4.69. The molecule has 0 atom stereocenters. The van der Waals surface area contributed by atoms with Gasteiger partial charge in [-0.3, -0.25) is 0 Å². The van der Waals surface area contributed by atoms with E-state index in [-0.39, 0.29) is 44.7 Å². The van der Waals surface area contributed by atoms with Crippen LogP contribution in [0.4, 0.5) is 13.2 Å². The van der Waals surface area contributed by atoms with Gasteiger partial charge in [0.15, 0.2) is 17.5 Å². The second-order valence-electron chi connectivity index (χ2n) is 24.9. The Kier molecular flexibility index (Phi) is 12.2. The molecule has 8 aromatic carbocycles. The van der Waals surface area contributed by atoms with Gasteiger partial charge in [0.25, 0.3) is 0 Å². The highest BCUT2D eigenvalue weighted by Gasteiger charge is 2.33. The quantitative estimate of drug-likeness (QED) is 0.166. The topological polar surface area (TPSA) is 72.3 Å². The molecule has 390 valence electrons. The van der Waals surface area contributed by atoms with E-state index < -0.39 is 11.7 Å². The Morgan fingerprint density at radius 2 is 0.731 bits per heavy atom. The average molecular weight is 1030 g/mol. The second kappa shape index (κ2) is 18.4. The van der Waals surface area contributed by atoms with Crippen molar-refractivity contribution in [2.24, 2.45) is 0 Å². The van der Waals surface area contributed by atoms with Crippen LogP contribution in [0.15, 0.2) is 164 Å². The molecule has 0 bridgehead atoms. The molecule has 0 unspecified atom stereocenters. The number of benzene rings is 8. The zero-order valence-electron chi connectivity index (χ0n) is 46.4. The SMILES string of the molecule is CC(C)(C)c1ccc2c(c1)c1cc(C(C)(C)C)ccc1n2-c1ccc(-c2ccccc2C#N)cc1-c1nc(-c2ccccc2)nc(-c2cc(C(F)(F)F)ccc2-n2c3ccc(C(C)(C)C)cc3c3cc(C(C)(C)C)ccc32)n1. The molecule has 0 saturated carbocycles. The normalized spacial score (nSPS) is 12.8. The van der Waals surface area contributed by atoms with E-state index in [1.165, 1.54) is 17.2 Å². The van der Waals surface area contributed by atoms with Gasteiger partial charge in [0, 0.05) is 38.2 Å². The van der Waals surface area contributed by atoms with Gasteiger partial charge in [0.05, 0.1) is 50.6 Å². The summed E-state index contributed by atoms with van der Waals surface area (Å²) in [5, 5.41) is 14.6. The summed E-state index contributed by atoms with van der Waals surface area (Å²) >= 11 is 0. The van der Waals surface area contributed by atoms with Crippen molar-refractivity contribution in [1.82, 2.24) is 24.1 Å². The molecule has 0 aliphatic rings. The molecule has 11 rings (SSSR count). The van der Waals surface area contributed by atoms with E-state index in [0.717, 1.165) is 72.1 Å². The maximum atomic E-state index is 15.3. The van der Waals surface area contributed by atoms with E-state index in [4.69, 9.17) is 15.0 Å². The predicted octanol–water partition coefficient (Wildman–Crippen LogP) is 18.8. The largest absolute Gasteiger partial charge is 0.416 e. The average Bonchev–Trinajstić information content (AvgIpc) is 4.12. The van der Waals surface area contributed by atoms with Gasteiger partial charge in [0.2, 0.25) is 0 Å². The molecule has 0 aliphatic heterocycles. The van der Waals surface area contributed by atoms with Crippen LogP contribution in [0, 0.1) is 11.3 Å². The summed E-state index contributed by atoms with van der Waals surface area (Å²) in [7, 11) is 0. The molecule has 11 aromatic rings. The van der Waals surface area contributed by atoms with Gasteiger partial charge < -0.3 is 9.13 Å². The summed E-state index contributed by atoms with van der Waals surface area (Å²) in [4.78, 5) is 15.8. The lowest BCUT2D eigenvalue weighted by atomic mass is 9.85. The van der Waals surface area contributed by atoms with Crippen molar-refractivity contribution >= 4 is 43.6 Å². The van der Waals surface area contributed by atoms with E-state index in [1.54, 1.807) is 12.1 Å². The molecule has 0 spiro atoms. The van der Waals surface area contributed by atoms with E-state index in [0.29, 0.717) is 27.9 Å². The lowest BCUT2D eigenvalue weighted by molar-refractivity contribution is -0.137. The molecule has 0 amide bonds. The maximum Gasteiger partial charge on any atom is 0.416 e. The summed E-state index contributed by atoms with van der Waals surface area (Å²) in [6.45, 7) is 26.4. The highest BCUT2D eigenvalue weighted by Crippen LogP contribution is 2.45. The number of nitrogens with zero attached hydrogens (tertiary/aromatic N) is 6. The zero-order chi connectivity index (χ0) is 55.4. The number of rotatable bonds is 6. The Bertz CT molecular complexity index is 4090. The van der Waals surface area contributed by atoms with Crippen LogP contribution in [0.25, 0.3) is 100 Å². The first-order chi connectivity index (χ1) is 36.8. The van der Waals surface area contributed by atoms with E-state index in [9.17, 15) is 5.26 Å². The minimum Gasteiger partial charge on any atom is -0.309 e. The molecule has 3 heterocycles. The zero-order valence-corrected chi connectivity index (χ0v) is 46.4. The Balaban J connectivity index is 1.26. The number of alkyl halides is 3. The number of hydrogen-bond donors (Lipinski definition) is 0. The summed E-state index contributed by atoms with van der Waals surface area (Å²) < 4.78 is 50.2. The smallest absolute Gasteiger partial charge is 0.309 e. The van der Waals surface area contributed by atoms with Crippen LogP contribution in [0.1, 0.15) is 116 Å². The van der Waals surface area contributed by atoms with E-state index in [2.05, 4.69) is 171 Å². The first-order valence-electron chi connectivity index (χ1n) is 26.6. The predicted molar refractivity (Wildman–Crippen MR) is 315 cm³/mol. The Labute approximate surface area is 454 Å². The lowest BCUT2D eigenvalue weighted by Crippen LogP contribution is -2.11. The van der Waals surface area contributed by atoms with Gasteiger partial charge in [-0.1, -0.05) is 162 Å². The minimum atomic E-state index is -4.69. The van der Waals surface area contributed by atoms with Gasteiger partial charge in [-0.2, -0.15) is 18.4 Å². The number of aromatic nitrogens is 5. The van der Waals surface area contributed by atoms with Crippen LogP contribution in [0.2, 0.25) is 0 Å². The molecule has 78 heavy (non-hydrogen) atoms. The summed E-state index contributed by atoms with van der Waals surface area (Å²) in [5.41, 5.74) is 11.4. The number of hydrogen-bond acceptors (Lipinski definition) is 4. The maximum absolute atomic E-state index is 15.3. The van der Waals surface area contributed by atoms with E-state index in [1.807, 2.05) is 66.7 Å². The Morgan fingerprint density at radius 3 is 1.14 bits per heavy atom. The Hall–Kier alpha value is -8.35. The number of halogens is 3. The van der Waals surface area contributed by atoms with Gasteiger partial charge >= 0.3 is 6.18 Å². The number of nitriles is 1. The van der Waals surface area contributed by atoms with Crippen LogP contribution in [0.5, 0.6) is 0 Å². The van der Waals surface area contributed by atoms with Crippen molar-refractivity contribution in [1.29, 1.82) is 5.26 Å². The van der Waals surface area contributed by atoms with Crippen molar-refractivity contribution in [2.45, 2.75) is 111 Å². The highest BCUT2D eigenvalue weighted by molar-refractivity contribution is 6.11. The third kappa shape index (κ3) is 9.21. The van der Waals surface area contributed by atoms with Gasteiger partial charge in [-0.15, -0.1) is 0 Å². The monoisotopic (exact) mass is 1030 g/mol. The Morgan fingerprint density at radius 1 is 0.359 bits per heavy atom.